The van der Waals surface area contributed by atoms with Gasteiger partial charge in [-0.2, -0.15) is 0 Å². The second-order valence-electron chi connectivity index (χ2n) is 6.90. The lowest BCUT2D eigenvalue weighted by Gasteiger charge is -2.23. The molecule has 0 saturated carbocycles. The van der Waals surface area contributed by atoms with Crippen LogP contribution in [0.5, 0.6) is 0 Å². The third-order valence-electron chi connectivity index (χ3n) is 4.82. The molecule has 1 fully saturated rings. The van der Waals surface area contributed by atoms with Crippen LogP contribution in [0.1, 0.15) is 18.6 Å². The van der Waals surface area contributed by atoms with Gasteiger partial charge in [0.1, 0.15) is 11.5 Å². The molecule has 26 heavy (non-hydrogen) atoms. The van der Waals surface area contributed by atoms with Gasteiger partial charge in [-0.05, 0) is 39.2 Å². The number of nitrogens with one attached hydrogen (secondary N) is 1. The number of aromatic nitrogens is 1. The highest BCUT2D eigenvalue weighted by Crippen LogP contribution is 2.19. The lowest BCUT2D eigenvalue weighted by atomic mass is 10.1. The zero-order valence-corrected chi connectivity index (χ0v) is 15.2. The van der Waals surface area contributed by atoms with Gasteiger partial charge in [0, 0.05) is 37.2 Å². The van der Waals surface area contributed by atoms with E-state index < -0.39 is 0 Å². The Labute approximate surface area is 152 Å². The molecular weight excluding hydrogens is 335 g/mol. The lowest BCUT2D eigenvalue weighted by Crippen LogP contribution is -2.36. The third kappa shape index (κ3) is 4.89. The van der Waals surface area contributed by atoms with Crippen LogP contribution in [-0.4, -0.2) is 60.6 Å². The number of amides is 1. The molecular formula is C19H25FN4O2. The van der Waals surface area contributed by atoms with Crippen molar-refractivity contribution in [1.82, 2.24) is 20.3 Å². The highest BCUT2D eigenvalue weighted by molar-refractivity contribution is 5.76. The van der Waals surface area contributed by atoms with E-state index in [4.69, 9.17) is 4.52 Å². The highest BCUT2D eigenvalue weighted by Gasteiger charge is 2.23. The molecule has 1 atom stereocenters. The van der Waals surface area contributed by atoms with Gasteiger partial charge in [-0.1, -0.05) is 17.3 Å². The smallest absolute Gasteiger partial charge is 0.221 e. The Morgan fingerprint density at radius 2 is 2.31 bits per heavy atom. The summed E-state index contributed by atoms with van der Waals surface area (Å²) in [5.74, 6) is 0.202. The molecule has 1 aromatic carbocycles. The van der Waals surface area contributed by atoms with E-state index in [9.17, 15) is 9.18 Å². The van der Waals surface area contributed by atoms with Crippen LogP contribution in [0.2, 0.25) is 0 Å². The number of benzene rings is 1. The van der Waals surface area contributed by atoms with Crippen LogP contribution < -0.4 is 5.32 Å². The minimum Gasteiger partial charge on any atom is -0.359 e. The zero-order valence-electron chi connectivity index (χ0n) is 15.2. The quantitative estimate of drug-likeness (QED) is 0.820. The predicted octanol–water partition coefficient (Wildman–Crippen LogP) is 2.12. The van der Waals surface area contributed by atoms with Crippen LogP contribution >= 0.6 is 0 Å². The van der Waals surface area contributed by atoms with Gasteiger partial charge in [-0.15, -0.1) is 0 Å². The topological polar surface area (TPSA) is 61.6 Å². The van der Waals surface area contributed by atoms with Crippen LogP contribution in [0.3, 0.4) is 0 Å². The van der Waals surface area contributed by atoms with E-state index in [0.29, 0.717) is 29.5 Å². The number of likely N-dealkylation sites (N-methyl/N-ethyl adjacent to an activating group) is 2. The first kappa shape index (κ1) is 18.5. The molecule has 0 aliphatic carbocycles. The molecule has 1 saturated heterocycles. The van der Waals surface area contributed by atoms with Gasteiger partial charge < -0.3 is 19.6 Å². The van der Waals surface area contributed by atoms with E-state index in [2.05, 4.69) is 34.4 Å². The standard InChI is InChI=1S/C19H25FN4O2/c1-23-8-6-16(13-23)24(2)9-7-19(25)21-12-17-11-18(22-26-17)14-4-3-5-15(20)10-14/h3-5,10-11,16H,6-9,12-13H2,1-2H3,(H,21,25). The molecule has 0 spiro atoms. The molecule has 2 heterocycles. The van der Waals surface area contributed by atoms with Crippen molar-refractivity contribution >= 4 is 5.91 Å². The van der Waals surface area contributed by atoms with Crippen LogP contribution in [0.25, 0.3) is 11.3 Å². The summed E-state index contributed by atoms with van der Waals surface area (Å²) in [5, 5.41) is 6.78. The van der Waals surface area contributed by atoms with Gasteiger partial charge in [-0.25, -0.2) is 4.39 Å². The van der Waals surface area contributed by atoms with E-state index in [1.807, 2.05) is 0 Å². The first-order valence-corrected chi connectivity index (χ1v) is 8.88. The fourth-order valence-electron chi connectivity index (χ4n) is 3.19. The molecule has 1 amide bonds. The summed E-state index contributed by atoms with van der Waals surface area (Å²) in [4.78, 5) is 16.6. The predicted molar refractivity (Wildman–Crippen MR) is 96.9 cm³/mol. The molecule has 1 aromatic heterocycles. The van der Waals surface area contributed by atoms with Gasteiger partial charge in [0.15, 0.2) is 5.76 Å². The van der Waals surface area contributed by atoms with E-state index in [1.54, 1.807) is 18.2 Å². The van der Waals surface area contributed by atoms with Crippen LogP contribution in [0, 0.1) is 5.82 Å². The van der Waals surface area contributed by atoms with Crippen molar-refractivity contribution in [3.63, 3.8) is 0 Å². The molecule has 140 valence electrons. The van der Waals surface area contributed by atoms with Crippen LogP contribution in [0.15, 0.2) is 34.9 Å². The summed E-state index contributed by atoms with van der Waals surface area (Å²) in [6.07, 6.45) is 1.59. The molecule has 7 heteroatoms. The molecule has 1 aliphatic rings. The number of likely N-dealkylation sites (tertiary alicyclic amines) is 1. The van der Waals surface area contributed by atoms with Crippen molar-refractivity contribution in [3.8, 4) is 11.3 Å². The number of hydrogen-bond acceptors (Lipinski definition) is 5. The first-order valence-electron chi connectivity index (χ1n) is 8.88. The summed E-state index contributed by atoms with van der Waals surface area (Å²) in [6.45, 7) is 3.17. The van der Waals surface area contributed by atoms with E-state index in [-0.39, 0.29) is 18.3 Å². The second kappa shape index (κ2) is 8.42. The third-order valence-corrected chi connectivity index (χ3v) is 4.82. The average Bonchev–Trinajstić information content (AvgIpc) is 3.27. The molecule has 1 N–H and O–H groups in total. The SMILES string of the molecule is CN1CCC(N(C)CCC(=O)NCc2cc(-c3cccc(F)c3)no2)C1. The maximum absolute atomic E-state index is 13.3. The second-order valence-corrected chi connectivity index (χ2v) is 6.90. The van der Waals surface area contributed by atoms with Crippen molar-refractivity contribution in [3.05, 3.63) is 41.9 Å². The summed E-state index contributed by atoms with van der Waals surface area (Å²) in [5.41, 5.74) is 1.20. The molecule has 1 unspecified atom stereocenters. The zero-order chi connectivity index (χ0) is 18.5. The van der Waals surface area contributed by atoms with Crippen molar-refractivity contribution in [2.75, 3.05) is 33.7 Å². The minimum absolute atomic E-state index is 0.0214. The van der Waals surface area contributed by atoms with Gasteiger partial charge in [0.05, 0.1) is 6.54 Å². The Balaban J connectivity index is 1.43. The molecule has 2 aromatic rings. The van der Waals surface area contributed by atoms with Gasteiger partial charge in [0.2, 0.25) is 5.91 Å². The van der Waals surface area contributed by atoms with E-state index in [0.717, 1.165) is 26.1 Å². The monoisotopic (exact) mass is 360 g/mol. The Morgan fingerprint density at radius 1 is 1.46 bits per heavy atom. The first-order chi connectivity index (χ1) is 12.5. The fraction of sp³-hybridized carbons (Fsp3) is 0.474. The largest absolute Gasteiger partial charge is 0.359 e. The normalized spacial score (nSPS) is 17.8. The maximum atomic E-state index is 13.3. The lowest BCUT2D eigenvalue weighted by molar-refractivity contribution is -0.121. The Kier molecular flexibility index (Phi) is 6.00. The molecule has 0 radical (unpaired) electrons. The highest BCUT2D eigenvalue weighted by atomic mass is 19.1. The number of rotatable bonds is 7. The van der Waals surface area contributed by atoms with Crippen molar-refractivity contribution in [1.29, 1.82) is 0 Å². The van der Waals surface area contributed by atoms with Gasteiger partial charge in [0.25, 0.3) is 0 Å². The number of hydrogen-bond donors (Lipinski definition) is 1. The molecule has 3 rings (SSSR count). The van der Waals surface area contributed by atoms with E-state index >= 15 is 0 Å². The summed E-state index contributed by atoms with van der Waals surface area (Å²) in [7, 11) is 4.19. The van der Waals surface area contributed by atoms with Gasteiger partial charge in [-0.3, -0.25) is 4.79 Å². The average molecular weight is 360 g/mol. The number of nitrogens with zero attached hydrogens (tertiary/aromatic N) is 3. The fourth-order valence-corrected chi connectivity index (χ4v) is 3.19. The molecule has 0 bridgehead atoms. The van der Waals surface area contributed by atoms with Crippen molar-refractivity contribution in [2.45, 2.75) is 25.4 Å². The number of halogens is 1. The summed E-state index contributed by atoms with van der Waals surface area (Å²) < 4.78 is 18.5. The number of carbonyl (C=O) groups excluding carboxylic acids is 1. The Hall–Kier alpha value is -2.25. The van der Waals surface area contributed by atoms with Crippen molar-refractivity contribution < 1.29 is 13.7 Å². The van der Waals surface area contributed by atoms with Crippen LogP contribution in [0.4, 0.5) is 4.39 Å². The minimum atomic E-state index is -0.321. The Bertz CT molecular complexity index is 749. The van der Waals surface area contributed by atoms with Crippen LogP contribution in [-0.2, 0) is 11.3 Å². The van der Waals surface area contributed by atoms with Gasteiger partial charge >= 0.3 is 0 Å². The molecule has 6 nitrogen and oxygen atoms in total. The maximum Gasteiger partial charge on any atom is 0.221 e. The number of carbonyl (C=O) groups is 1. The summed E-state index contributed by atoms with van der Waals surface area (Å²) in [6, 6.07) is 8.41. The summed E-state index contributed by atoms with van der Waals surface area (Å²) >= 11 is 0. The Morgan fingerprint density at radius 3 is 3.04 bits per heavy atom. The van der Waals surface area contributed by atoms with Crippen molar-refractivity contribution in [2.24, 2.45) is 0 Å². The van der Waals surface area contributed by atoms with E-state index in [1.165, 1.54) is 12.1 Å². The molecule has 1 aliphatic heterocycles.